The maximum atomic E-state index is 12.5. The summed E-state index contributed by atoms with van der Waals surface area (Å²) in [5.41, 5.74) is 0.462. The Morgan fingerprint density at radius 3 is 2.38 bits per heavy atom. The molecule has 3 nitrogen and oxygen atoms in total. The zero-order valence-electron chi connectivity index (χ0n) is 14.0. The number of fused-ring (bicyclic) bond motifs is 2. The van der Waals surface area contributed by atoms with Crippen LogP contribution in [0.1, 0.15) is 72.1 Å². The SMILES string of the molecule is CCC(C)(C)C1CCC(NC(=O)C2CC3CCC2N3)CC1. The molecule has 0 radical (unpaired) electrons. The summed E-state index contributed by atoms with van der Waals surface area (Å²) >= 11 is 0. The zero-order valence-corrected chi connectivity index (χ0v) is 14.0. The van der Waals surface area contributed by atoms with Gasteiger partial charge in [-0.1, -0.05) is 27.2 Å². The van der Waals surface area contributed by atoms with Gasteiger partial charge >= 0.3 is 0 Å². The molecular weight excluding hydrogens is 260 g/mol. The molecule has 21 heavy (non-hydrogen) atoms. The molecule has 0 aromatic heterocycles. The van der Waals surface area contributed by atoms with Crippen molar-refractivity contribution in [2.24, 2.45) is 17.3 Å². The average molecular weight is 292 g/mol. The molecule has 3 aliphatic rings. The lowest BCUT2D eigenvalue weighted by Crippen LogP contribution is -2.45. The molecule has 3 atom stereocenters. The molecule has 2 saturated heterocycles. The van der Waals surface area contributed by atoms with Gasteiger partial charge in [0.2, 0.25) is 5.91 Å². The van der Waals surface area contributed by atoms with Crippen LogP contribution in [0.15, 0.2) is 0 Å². The van der Waals surface area contributed by atoms with E-state index in [-0.39, 0.29) is 5.92 Å². The molecule has 1 aliphatic carbocycles. The van der Waals surface area contributed by atoms with E-state index >= 15 is 0 Å². The Hall–Kier alpha value is -0.570. The van der Waals surface area contributed by atoms with Crippen LogP contribution in [0.4, 0.5) is 0 Å². The molecule has 3 fully saturated rings. The van der Waals surface area contributed by atoms with Crippen LogP contribution in [0, 0.1) is 17.3 Å². The number of hydrogen-bond donors (Lipinski definition) is 2. The van der Waals surface area contributed by atoms with Crippen molar-refractivity contribution in [2.45, 2.75) is 90.3 Å². The Kier molecular flexibility index (Phi) is 4.31. The Morgan fingerprint density at radius 2 is 1.86 bits per heavy atom. The summed E-state index contributed by atoms with van der Waals surface area (Å²) in [5, 5.41) is 6.93. The van der Waals surface area contributed by atoms with Crippen molar-refractivity contribution >= 4 is 5.91 Å². The molecule has 0 spiro atoms. The number of amides is 1. The molecule has 1 amide bonds. The third-order valence-corrected chi connectivity index (χ3v) is 6.73. The van der Waals surface area contributed by atoms with E-state index in [0.717, 1.165) is 12.3 Å². The van der Waals surface area contributed by atoms with E-state index in [0.29, 0.717) is 29.4 Å². The third kappa shape index (κ3) is 3.13. The van der Waals surface area contributed by atoms with E-state index in [1.165, 1.54) is 44.9 Å². The maximum absolute atomic E-state index is 12.5. The van der Waals surface area contributed by atoms with Crippen molar-refractivity contribution < 1.29 is 4.79 Å². The lowest BCUT2D eigenvalue weighted by molar-refractivity contribution is -0.126. The van der Waals surface area contributed by atoms with Gasteiger partial charge in [0.1, 0.15) is 0 Å². The molecule has 1 saturated carbocycles. The van der Waals surface area contributed by atoms with Gasteiger partial charge in [-0.3, -0.25) is 4.79 Å². The third-order valence-electron chi connectivity index (χ3n) is 6.73. The molecule has 2 bridgehead atoms. The van der Waals surface area contributed by atoms with Gasteiger partial charge in [-0.2, -0.15) is 0 Å². The van der Waals surface area contributed by atoms with Gasteiger partial charge in [0.25, 0.3) is 0 Å². The Morgan fingerprint density at radius 1 is 1.14 bits per heavy atom. The molecule has 2 N–H and O–H groups in total. The highest BCUT2D eigenvalue weighted by Crippen LogP contribution is 2.40. The minimum Gasteiger partial charge on any atom is -0.353 e. The number of carbonyl (C=O) groups is 1. The van der Waals surface area contributed by atoms with Crippen LogP contribution >= 0.6 is 0 Å². The number of nitrogens with one attached hydrogen (secondary N) is 2. The normalized spacial score (nSPS) is 39.5. The summed E-state index contributed by atoms with van der Waals surface area (Å²) in [5.74, 6) is 1.40. The molecule has 0 aromatic rings. The number of hydrogen-bond acceptors (Lipinski definition) is 2. The van der Waals surface area contributed by atoms with Crippen molar-refractivity contribution in [1.29, 1.82) is 0 Å². The second-order valence-electron chi connectivity index (χ2n) is 8.29. The summed E-state index contributed by atoms with van der Waals surface area (Å²) in [6.07, 6.45) is 9.69. The molecule has 120 valence electrons. The first-order valence-electron chi connectivity index (χ1n) is 9.06. The van der Waals surface area contributed by atoms with Gasteiger partial charge in [-0.25, -0.2) is 0 Å². The van der Waals surface area contributed by atoms with Crippen LogP contribution in [0.25, 0.3) is 0 Å². The van der Waals surface area contributed by atoms with Gasteiger partial charge in [-0.05, 0) is 56.3 Å². The van der Waals surface area contributed by atoms with Crippen molar-refractivity contribution in [2.75, 3.05) is 0 Å². The number of rotatable bonds is 4. The highest BCUT2D eigenvalue weighted by Gasteiger charge is 2.43. The number of carbonyl (C=O) groups excluding carboxylic acids is 1. The van der Waals surface area contributed by atoms with Crippen molar-refractivity contribution in [3.63, 3.8) is 0 Å². The van der Waals surface area contributed by atoms with Gasteiger partial charge in [0, 0.05) is 18.1 Å². The lowest BCUT2D eigenvalue weighted by atomic mass is 9.69. The van der Waals surface area contributed by atoms with E-state index < -0.39 is 0 Å². The van der Waals surface area contributed by atoms with Gasteiger partial charge < -0.3 is 10.6 Å². The predicted molar refractivity (Wildman–Crippen MR) is 86.0 cm³/mol. The summed E-state index contributed by atoms with van der Waals surface area (Å²) in [6.45, 7) is 7.10. The van der Waals surface area contributed by atoms with Gasteiger partial charge in [0.05, 0.1) is 5.92 Å². The van der Waals surface area contributed by atoms with Crippen LogP contribution in [-0.4, -0.2) is 24.0 Å². The standard InChI is InChI=1S/C18H32N2O/c1-4-18(2,3)12-5-7-13(8-6-12)20-17(21)15-11-14-9-10-16(15)19-14/h12-16,19H,4-11H2,1-3H3,(H,20,21). The largest absolute Gasteiger partial charge is 0.353 e. The molecule has 3 rings (SSSR count). The minimum absolute atomic E-state index is 0.244. The van der Waals surface area contributed by atoms with Crippen LogP contribution in [0.5, 0.6) is 0 Å². The first-order valence-corrected chi connectivity index (χ1v) is 9.06. The Labute approximate surface area is 129 Å². The average Bonchev–Trinajstić information content (AvgIpc) is 3.10. The molecule has 2 heterocycles. The van der Waals surface area contributed by atoms with Crippen LogP contribution < -0.4 is 10.6 Å². The van der Waals surface area contributed by atoms with Gasteiger partial charge in [-0.15, -0.1) is 0 Å². The quantitative estimate of drug-likeness (QED) is 0.835. The fourth-order valence-corrected chi connectivity index (χ4v) is 4.73. The van der Waals surface area contributed by atoms with E-state index in [1.54, 1.807) is 0 Å². The fourth-order valence-electron chi connectivity index (χ4n) is 4.73. The van der Waals surface area contributed by atoms with Crippen LogP contribution in [0.2, 0.25) is 0 Å². The minimum atomic E-state index is 0.244. The van der Waals surface area contributed by atoms with E-state index in [2.05, 4.69) is 31.4 Å². The molecule has 3 unspecified atom stereocenters. The predicted octanol–water partition coefficient (Wildman–Crippen LogP) is 3.24. The maximum Gasteiger partial charge on any atom is 0.224 e. The Balaban J connectivity index is 1.46. The summed E-state index contributed by atoms with van der Waals surface area (Å²) in [6, 6.07) is 1.51. The van der Waals surface area contributed by atoms with E-state index in [1.807, 2.05) is 0 Å². The summed E-state index contributed by atoms with van der Waals surface area (Å²) < 4.78 is 0. The second kappa shape index (κ2) is 5.91. The summed E-state index contributed by atoms with van der Waals surface area (Å²) in [4.78, 5) is 12.5. The van der Waals surface area contributed by atoms with Crippen molar-refractivity contribution in [3.05, 3.63) is 0 Å². The van der Waals surface area contributed by atoms with Crippen LogP contribution in [-0.2, 0) is 4.79 Å². The molecular formula is C18H32N2O. The Bertz CT molecular complexity index is 385. The van der Waals surface area contributed by atoms with Crippen LogP contribution in [0.3, 0.4) is 0 Å². The first kappa shape index (κ1) is 15.3. The lowest BCUT2D eigenvalue weighted by Gasteiger charge is -2.39. The van der Waals surface area contributed by atoms with E-state index in [9.17, 15) is 4.79 Å². The summed E-state index contributed by atoms with van der Waals surface area (Å²) in [7, 11) is 0. The topological polar surface area (TPSA) is 41.1 Å². The highest BCUT2D eigenvalue weighted by molar-refractivity contribution is 5.80. The highest BCUT2D eigenvalue weighted by atomic mass is 16.2. The first-order chi connectivity index (χ1) is 9.99. The smallest absolute Gasteiger partial charge is 0.224 e. The fraction of sp³-hybridized carbons (Fsp3) is 0.944. The monoisotopic (exact) mass is 292 g/mol. The van der Waals surface area contributed by atoms with E-state index in [4.69, 9.17) is 0 Å². The molecule has 3 heteroatoms. The molecule has 2 aliphatic heterocycles. The van der Waals surface area contributed by atoms with Gasteiger partial charge in [0.15, 0.2) is 0 Å². The second-order valence-corrected chi connectivity index (χ2v) is 8.29. The van der Waals surface area contributed by atoms with Crippen molar-refractivity contribution in [1.82, 2.24) is 10.6 Å². The zero-order chi connectivity index (χ0) is 15.0. The molecule has 0 aromatic carbocycles. The van der Waals surface area contributed by atoms with Crippen molar-refractivity contribution in [3.8, 4) is 0 Å².